The molecule has 2 fully saturated rings. The van der Waals surface area contributed by atoms with Gasteiger partial charge in [-0.25, -0.2) is 4.79 Å². The van der Waals surface area contributed by atoms with E-state index in [1.54, 1.807) is 18.2 Å². The van der Waals surface area contributed by atoms with Gasteiger partial charge in [0.15, 0.2) is 0 Å². The van der Waals surface area contributed by atoms with E-state index in [-0.39, 0.29) is 23.1 Å². The van der Waals surface area contributed by atoms with Crippen molar-refractivity contribution < 1.29 is 54.8 Å². The number of esters is 2. The van der Waals surface area contributed by atoms with Crippen molar-refractivity contribution in [2.24, 2.45) is 16.7 Å². The van der Waals surface area contributed by atoms with Gasteiger partial charge in [0.05, 0.1) is 41.0 Å². The Kier molecular flexibility index (Phi) is 7.77. The smallest absolute Gasteiger partial charge is 0.338 e. The predicted octanol–water partition coefficient (Wildman–Crippen LogP) is -0.172. The zero-order chi connectivity index (χ0) is 30.0. The molecule has 10 unspecified atom stereocenters. The second-order valence-electron chi connectivity index (χ2n) is 12.3. The zero-order valence-corrected chi connectivity index (χ0v) is 23.3. The van der Waals surface area contributed by atoms with Gasteiger partial charge in [-0.05, 0) is 50.5 Å². The van der Waals surface area contributed by atoms with Crippen LogP contribution in [-0.4, -0.2) is 102 Å². The Balaban J connectivity index is 2.08. The average molecular weight is 565 g/mol. The summed E-state index contributed by atoms with van der Waals surface area (Å²) in [6.07, 6.45) is -10.5. The molecule has 1 aromatic rings. The first-order valence-corrected chi connectivity index (χ1v) is 13.4. The summed E-state index contributed by atoms with van der Waals surface area (Å²) >= 11 is 0. The van der Waals surface area contributed by atoms with Crippen LogP contribution in [0.5, 0.6) is 0 Å². The van der Waals surface area contributed by atoms with Crippen LogP contribution in [-0.2, 0) is 14.3 Å². The zero-order valence-electron chi connectivity index (χ0n) is 23.3. The summed E-state index contributed by atoms with van der Waals surface area (Å²) in [5.74, 6) is -3.30. The van der Waals surface area contributed by atoms with Gasteiger partial charge >= 0.3 is 11.9 Å². The Morgan fingerprint density at radius 2 is 1.65 bits per heavy atom. The lowest BCUT2D eigenvalue weighted by molar-refractivity contribution is -0.286. The summed E-state index contributed by atoms with van der Waals surface area (Å²) in [5.41, 5.74) is -7.66. The summed E-state index contributed by atoms with van der Waals surface area (Å²) in [4.78, 5) is 25.5. The SMILES string of the molecule is CC(=O)OCC1(O)C(O)CC(O)C2(C)C(O)C(O)C3=C(C)C(O)CC3(C(C)(C)O)C(OC(=O)c3ccccc3)C12. The van der Waals surface area contributed by atoms with Crippen molar-refractivity contribution in [3.63, 3.8) is 0 Å². The lowest BCUT2D eigenvalue weighted by atomic mass is 9.51. The fourth-order valence-electron chi connectivity index (χ4n) is 7.50. The van der Waals surface area contributed by atoms with E-state index in [1.165, 1.54) is 39.8 Å². The molecule has 0 aromatic heterocycles. The third-order valence-electron chi connectivity index (χ3n) is 9.73. The molecule has 3 aliphatic rings. The van der Waals surface area contributed by atoms with Gasteiger partial charge in [0.25, 0.3) is 0 Å². The maximum Gasteiger partial charge on any atom is 0.338 e. The molecule has 40 heavy (non-hydrogen) atoms. The molecule has 0 aliphatic heterocycles. The molecule has 0 saturated heterocycles. The number of hydrogen-bond donors (Lipinski definition) is 7. The number of rotatable bonds is 5. The van der Waals surface area contributed by atoms with Gasteiger partial charge in [-0.3, -0.25) is 4.79 Å². The molecule has 7 N–H and O–H groups in total. The minimum Gasteiger partial charge on any atom is -0.463 e. The van der Waals surface area contributed by atoms with Crippen LogP contribution in [0.2, 0.25) is 0 Å². The fraction of sp³-hybridized carbons (Fsp3) is 0.655. The number of carbonyl (C=O) groups is 2. The van der Waals surface area contributed by atoms with E-state index in [1.807, 2.05) is 0 Å². The van der Waals surface area contributed by atoms with Crippen molar-refractivity contribution >= 4 is 11.9 Å². The summed E-state index contributed by atoms with van der Waals surface area (Å²) in [5, 5.41) is 81.0. The number of aliphatic hydroxyl groups is 7. The Bertz CT molecular complexity index is 1180. The minimum absolute atomic E-state index is 0.0120. The Hall–Kier alpha value is -2.38. The topological polar surface area (TPSA) is 194 Å². The van der Waals surface area contributed by atoms with Gasteiger partial charge in [-0.1, -0.05) is 25.1 Å². The second-order valence-corrected chi connectivity index (χ2v) is 12.3. The first-order valence-electron chi connectivity index (χ1n) is 13.4. The molecule has 3 aliphatic carbocycles. The number of hydrogen-bond acceptors (Lipinski definition) is 11. The van der Waals surface area contributed by atoms with Crippen LogP contribution in [0.1, 0.15) is 57.8 Å². The van der Waals surface area contributed by atoms with E-state index in [0.717, 1.165) is 6.92 Å². The molecule has 0 spiro atoms. The lowest BCUT2D eigenvalue weighted by Crippen LogP contribution is -2.73. The van der Waals surface area contributed by atoms with E-state index >= 15 is 0 Å². The van der Waals surface area contributed by atoms with Crippen molar-refractivity contribution in [3.05, 3.63) is 47.0 Å². The molecule has 11 heteroatoms. The Morgan fingerprint density at radius 3 is 2.20 bits per heavy atom. The molecular formula is C29H40O11. The summed E-state index contributed by atoms with van der Waals surface area (Å²) in [6, 6.07) is 7.87. The van der Waals surface area contributed by atoms with Crippen molar-refractivity contribution in [2.45, 2.75) is 95.3 Å². The summed E-state index contributed by atoms with van der Waals surface area (Å²) in [7, 11) is 0. The molecule has 11 nitrogen and oxygen atoms in total. The van der Waals surface area contributed by atoms with E-state index in [4.69, 9.17) is 9.47 Å². The predicted molar refractivity (Wildman–Crippen MR) is 140 cm³/mol. The van der Waals surface area contributed by atoms with E-state index < -0.39 is 89.5 Å². The molecular weight excluding hydrogens is 524 g/mol. The molecule has 0 radical (unpaired) electrons. The van der Waals surface area contributed by atoms with E-state index in [0.29, 0.717) is 0 Å². The van der Waals surface area contributed by atoms with Gasteiger partial charge in [0.2, 0.25) is 0 Å². The molecule has 1 aromatic carbocycles. The molecule has 10 atom stereocenters. The third-order valence-corrected chi connectivity index (χ3v) is 9.73. The maximum atomic E-state index is 13.6. The van der Waals surface area contributed by atoms with Crippen LogP contribution < -0.4 is 0 Å². The van der Waals surface area contributed by atoms with Crippen LogP contribution in [0.3, 0.4) is 0 Å². The molecule has 0 bridgehead atoms. The van der Waals surface area contributed by atoms with E-state index in [2.05, 4.69) is 0 Å². The highest BCUT2D eigenvalue weighted by Crippen LogP contribution is 2.65. The van der Waals surface area contributed by atoms with Crippen LogP contribution >= 0.6 is 0 Å². The molecule has 0 heterocycles. The fourth-order valence-corrected chi connectivity index (χ4v) is 7.50. The second kappa shape index (κ2) is 10.2. The number of ether oxygens (including phenoxy) is 2. The molecule has 4 rings (SSSR count). The summed E-state index contributed by atoms with van der Waals surface area (Å²) in [6.45, 7) is 5.99. The number of aliphatic hydroxyl groups excluding tert-OH is 5. The molecule has 2 saturated carbocycles. The summed E-state index contributed by atoms with van der Waals surface area (Å²) < 4.78 is 11.3. The van der Waals surface area contributed by atoms with Gasteiger partial charge < -0.3 is 45.2 Å². The highest BCUT2D eigenvalue weighted by atomic mass is 16.6. The molecule has 0 amide bonds. The minimum atomic E-state index is -2.43. The Morgan fingerprint density at radius 1 is 1.05 bits per heavy atom. The normalized spacial score (nSPS) is 41.5. The van der Waals surface area contributed by atoms with Gasteiger partial charge in [0.1, 0.15) is 24.4 Å². The highest BCUT2D eigenvalue weighted by Gasteiger charge is 2.75. The van der Waals surface area contributed by atoms with Crippen LogP contribution in [0, 0.1) is 16.7 Å². The monoisotopic (exact) mass is 564 g/mol. The van der Waals surface area contributed by atoms with Crippen molar-refractivity contribution in [3.8, 4) is 0 Å². The van der Waals surface area contributed by atoms with Crippen molar-refractivity contribution in [2.75, 3.05) is 6.61 Å². The average Bonchev–Trinajstić information content (AvgIpc) is 3.13. The third kappa shape index (κ3) is 4.30. The van der Waals surface area contributed by atoms with Gasteiger partial charge in [-0.2, -0.15) is 0 Å². The van der Waals surface area contributed by atoms with Crippen LogP contribution in [0.15, 0.2) is 41.5 Å². The largest absolute Gasteiger partial charge is 0.463 e. The lowest BCUT2D eigenvalue weighted by Gasteiger charge is -2.59. The van der Waals surface area contributed by atoms with E-state index in [9.17, 15) is 45.3 Å². The highest BCUT2D eigenvalue weighted by molar-refractivity contribution is 5.89. The standard InChI is InChI=1S/C29H40O11/c1-14-17(31)12-28(26(3,4)37)20(14)21(34)23(35)27(5)18(32)11-19(33)29(38,13-39-15(2)30)22(27)24(28)40-25(36)16-9-7-6-8-10-16/h6-10,17-19,21-24,31-35,37-38H,11-13H2,1-5H3. The number of carbonyl (C=O) groups excluding carboxylic acids is 2. The quantitative estimate of drug-likeness (QED) is 0.185. The number of benzene rings is 1. The molecule has 222 valence electrons. The first-order chi connectivity index (χ1) is 18.4. The van der Waals surface area contributed by atoms with Crippen molar-refractivity contribution in [1.82, 2.24) is 0 Å². The Labute approximate surface area is 232 Å². The van der Waals surface area contributed by atoms with Gasteiger partial charge in [0, 0.05) is 24.7 Å². The maximum absolute atomic E-state index is 13.6. The van der Waals surface area contributed by atoms with Crippen LogP contribution in [0.4, 0.5) is 0 Å². The number of fused-ring (bicyclic) bond motifs is 2. The van der Waals surface area contributed by atoms with Crippen LogP contribution in [0.25, 0.3) is 0 Å². The first kappa shape index (κ1) is 30.6. The van der Waals surface area contributed by atoms with Crippen molar-refractivity contribution in [1.29, 1.82) is 0 Å². The van der Waals surface area contributed by atoms with Gasteiger partial charge in [-0.15, -0.1) is 0 Å².